The van der Waals surface area contributed by atoms with Gasteiger partial charge in [0.1, 0.15) is 0 Å². The molecule has 0 saturated carbocycles. The molecule has 1 unspecified atom stereocenters. The highest BCUT2D eigenvalue weighted by Gasteiger charge is 2.15. The summed E-state index contributed by atoms with van der Waals surface area (Å²) in [4.78, 5) is 0. The first kappa shape index (κ1) is 16.1. The van der Waals surface area contributed by atoms with Crippen LogP contribution in [0.1, 0.15) is 17.2 Å². The lowest BCUT2D eigenvalue weighted by Gasteiger charge is -2.18. The summed E-state index contributed by atoms with van der Waals surface area (Å²) in [6.45, 7) is 0. The predicted molar refractivity (Wildman–Crippen MR) is 89.4 cm³/mol. The lowest BCUT2D eigenvalue weighted by Crippen LogP contribution is -2.29. The molecule has 2 nitrogen and oxygen atoms in total. The molecule has 20 heavy (non-hydrogen) atoms. The summed E-state index contributed by atoms with van der Waals surface area (Å²) < 4.78 is 0.927. The molecular formula is C14H12BrCl3N2. The SMILES string of the molecule is NNC(Cc1ccc(Cl)c(Cl)c1)c1ccc(Br)cc1Cl. The van der Waals surface area contributed by atoms with Crippen LogP contribution in [0.2, 0.25) is 15.1 Å². The Balaban J connectivity index is 2.26. The number of hydrogen-bond acceptors (Lipinski definition) is 2. The highest BCUT2D eigenvalue weighted by Crippen LogP contribution is 2.30. The van der Waals surface area contributed by atoms with Gasteiger partial charge in [0.2, 0.25) is 0 Å². The fourth-order valence-corrected chi connectivity index (χ4v) is 3.07. The van der Waals surface area contributed by atoms with Crippen LogP contribution < -0.4 is 11.3 Å². The van der Waals surface area contributed by atoms with E-state index in [9.17, 15) is 0 Å². The van der Waals surface area contributed by atoms with Crippen molar-refractivity contribution in [3.05, 3.63) is 67.1 Å². The zero-order valence-electron chi connectivity index (χ0n) is 10.3. The van der Waals surface area contributed by atoms with E-state index in [4.69, 9.17) is 40.6 Å². The Hall–Kier alpha value is -0.290. The van der Waals surface area contributed by atoms with Crippen molar-refractivity contribution in [1.82, 2.24) is 5.43 Å². The standard InChI is InChI=1S/C14H12BrCl3N2/c15-9-2-3-10(12(17)7-9)14(20-19)6-8-1-4-11(16)13(18)5-8/h1-5,7,14,20H,6,19H2. The fourth-order valence-electron chi connectivity index (χ4n) is 1.95. The molecule has 2 aromatic carbocycles. The molecule has 0 fully saturated rings. The molecule has 0 aliphatic rings. The number of nitrogens with one attached hydrogen (secondary N) is 1. The number of hydrogen-bond donors (Lipinski definition) is 2. The molecule has 0 heterocycles. The minimum atomic E-state index is -0.104. The number of benzene rings is 2. The minimum Gasteiger partial charge on any atom is -0.271 e. The van der Waals surface area contributed by atoms with E-state index in [0.29, 0.717) is 21.5 Å². The molecule has 106 valence electrons. The molecule has 3 N–H and O–H groups in total. The molecule has 2 aromatic rings. The molecule has 0 aromatic heterocycles. The molecule has 0 amide bonds. The van der Waals surface area contributed by atoms with Crippen molar-refractivity contribution in [2.24, 2.45) is 5.84 Å². The molecule has 2 rings (SSSR count). The molecule has 0 saturated heterocycles. The second-order valence-corrected chi connectivity index (χ2v) is 6.47. The van der Waals surface area contributed by atoms with Crippen molar-refractivity contribution >= 4 is 50.7 Å². The summed E-state index contributed by atoms with van der Waals surface area (Å²) in [5, 5.41) is 1.72. The van der Waals surface area contributed by atoms with Gasteiger partial charge in [0, 0.05) is 9.50 Å². The van der Waals surface area contributed by atoms with Crippen molar-refractivity contribution in [2.45, 2.75) is 12.5 Å². The Labute approximate surface area is 141 Å². The number of hydrazine groups is 1. The van der Waals surface area contributed by atoms with Gasteiger partial charge in [-0.2, -0.15) is 0 Å². The van der Waals surface area contributed by atoms with Gasteiger partial charge in [0.25, 0.3) is 0 Å². The second-order valence-electron chi connectivity index (χ2n) is 4.34. The summed E-state index contributed by atoms with van der Waals surface area (Å²) in [6.07, 6.45) is 0.661. The van der Waals surface area contributed by atoms with Crippen LogP contribution in [0.5, 0.6) is 0 Å². The molecule has 0 spiro atoms. The number of halogens is 4. The second kappa shape index (κ2) is 7.12. The van der Waals surface area contributed by atoms with Crippen LogP contribution in [0.25, 0.3) is 0 Å². The lowest BCUT2D eigenvalue weighted by atomic mass is 9.99. The van der Waals surface area contributed by atoms with E-state index in [1.165, 1.54) is 0 Å². The minimum absolute atomic E-state index is 0.104. The van der Waals surface area contributed by atoms with Gasteiger partial charge in [-0.1, -0.05) is 62.9 Å². The van der Waals surface area contributed by atoms with E-state index < -0.39 is 0 Å². The number of rotatable bonds is 4. The predicted octanol–water partition coefficient (Wildman–Crippen LogP) is 5.16. The first-order chi connectivity index (χ1) is 9.51. The zero-order chi connectivity index (χ0) is 14.7. The summed E-state index contributed by atoms with van der Waals surface area (Å²) in [7, 11) is 0. The average molecular weight is 395 g/mol. The van der Waals surface area contributed by atoms with E-state index in [1.54, 1.807) is 6.07 Å². The molecule has 1 atom stereocenters. The van der Waals surface area contributed by atoms with Gasteiger partial charge in [0.15, 0.2) is 0 Å². The van der Waals surface area contributed by atoms with Crippen LogP contribution in [0.4, 0.5) is 0 Å². The van der Waals surface area contributed by atoms with Gasteiger partial charge in [-0.25, -0.2) is 0 Å². The van der Waals surface area contributed by atoms with E-state index >= 15 is 0 Å². The van der Waals surface area contributed by atoms with Crippen molar-refractivity contribution < 1.29 is 0 Å². The van der Waals surface area contributed by atoms with Gasteiger partial charge in [-0.05, 0) is 41.8 Å². The highest BCUT2D eigenvalue weighted by molar-refractivity contribution is 9.10. The largest absolute Gasteiger partial charge is 0.271 e. The Morgan fingerprint density at radius 2 is 1.75 bits per heavy atom. The Bertz CT molecular complexity index is 619. The monoisotopic (exact) mass is 392 g/mol. The van der Waals surface area contributed by atoms with Gasteiger partial charge >= 0.3 is 0 Å². The maximum Gasteiger partial charge on any atom is 0.0595 e. The average Bonchev–Trinajstić information content (AvgIpc) is 2.41. The maximum absolute atomic E-state index is 6.25. The number of nitrogens with two attached hydrogens (primary N) is 1. The third-order valence-electron chi connectivity index (χ3n) is 2.96. The van der Waals surface area contributed by atoms with E-state index in [1.807, 2.05) is 30.3 Å². The van der Waals surface area contributed by atoms with Gasteiger partial charge in [-0.3, -0.25) is 11.3 Å². The van der Waals surface area contributed by atoms with E-state index in [-0.39, 0.29) is 6.04 Å². The van der Waals surface area contributed by atoms with Gasteiger partial charge in [0.05, 0.1) is 16.1 Å². The molecule has 0 radical (unpaired) electrons. The summed E-state index contributed by atoms with van der Waals surface area (Å²) >= 11 is 21.6. The van der Waals surface area contributed by atoms with E-state index in [0.717, 1.165) is 15.6 Å². The molecular weight excluding hydrogens is 382 g/mol. The Morgan fingerprint density at radius 1 is 1.00 bits per heavy atom. The maximum atomic E-state index is 6.25. The van der Waals surface area contributed by atoms with Crippen LogP contribution >= 0.6 is 50.7 Å². The first-order valence-corrected chi connectivity index (χ1v) is 7.79. The lowest BCUT2D eigenvalue weighted by molar-refractivity contribution is 0.552. The van der Waals surface area contributed by atoms with Crippen molar-refractivity contribution in [3.63, 3.8) is 0 Å². The quantitative estimate of drug-likeness (QED) is 0.555. The smallest absolute Gasteiger partial charge is 0.0595 e. The van der Waals surface area contributed by atoms with Crippen molar-refractivity contribution in [1.29, 1.82) is 0 Å². The van der Waals surface area contributed by atoms with Gasteiger partial charge in [-0.15, -0.1) is 0 Å². The highest BCUT2D eigenvalue weighted by atomic mass is 79.9. The van der Waals surface area contributed by atoms with E-state index in [2.05, 4.69) is 21.4 Å². The zero-order valence-corrected chi connectivity index (χ0v) is 14.2. The van der Waals surface area contributed by atoms with Crippen LogP contribution in [-0.2, 0) is 6.42 Å². The van der Waals surface area contributed by atoms with Crippen LogP contribution in [0.3, 0.4) is 0 Å². The third kappa shape index (κ3) is 3.88. The molecule has 6 heteroatoms. The molecule has 0 bridgehead atoms. The van der Waals surface area contributed by atoms with Crippen LogP contribution in [-0.4, -0.2) is 0 Å². The third-order valence-corrected chi connectivity index (χ3v) is 4.52. The van der Waals surface area contributed by atoms with Crippen molar-refractivity contribution in [2.75, 3.05) is 0 Å². The summed E-state index contributed by atoms with van der Waals surface area (Å²) in [5.74, 6) is 5.65. The van der Waals surface area contributed by atoms with Crippen LogP contribution in [0.15, 0.2) is 40.9 Å². The topological polar surface area (TPSA) is 38.0 Å². The first-order valence-electron chi connectivity index (χ1n) is 5.86. The Kier molecular flexibility index (Phi) is 5.73. The summed E-state index contributed by atoms with van der Waals surface area (Å²) in [6, 6.07) is 11.1. The molecule has 0 aliphatic carbocycles. The fraction of sp³-hybridized carbons (Fsp3) is 0.143. The Morgan fingerprint density at radius 3 is 2.35 bits per heavy atom. The molecule has 0 aliphatic heterocycles. The normalized spacial score (nSPS) is 12.4. The summed E-state index contributed by atoms with van der Waals surface area (Å²) in [5.41, 5.74) is 4.75. The van der Waals surface area contributed by atoms with Crippen LogP contribution in [0, 0.1) is 0 Å². The van der Waals surface area contributed by atoms with Crippen molar-refractivity contribution in [3.8, 4) is 0 Å². The van der Waals surface area contributed by atoms with Gasteiger partial charge < -0.3 is 0 Å².